The molecule has 1 aliphatic carbocycles. The minimum absolute atomic E-state index is 0.00596. The highest BCUT2D eigenvalue weighted by Gasteiger charge is 2.42. The first-order valence-electron chi connectivity index (χ1n) is 13.1. The van der Waals surface area contributed by atoms with Gasteiger partial charge in [0.2, 0.25) is 0 Å². The average molecular weight is 518 g/mol. The van der Waals surface area contributed by atoms with Crippen LogP contribution < -0.4 is 9.47 Å². The van der Waals surface area contributed by atoms with E-state index in [0.717, 1.165) is 74.1 Å². The highest BCUT2D eigenvalue weighted by molar-refractivity contribution is 5.71. The molecule has 2 aliphatic heterocycles. The number of rotatable bonds is 7. The van der Waals surface area contributed by atoms with Crippen molar-refractivity contribution in [2.75, 3.05) is 13.1 Å². The summed E-state index contributed by atoms with van der Waals surface area (Å²) < 4.78 is 49.6. The largest absolute Gasteiger partial charge is 0.573 e. The minimum Gasteiger partial charge on any atom is -0.487 e. The third-order valence-electron chi connectivity index (χ3n) is 8.31. The minimum atomic E-state index is -4.72. The van der Waals surface area contributed by atoms with Gasteiger partial charge in [0.05, 0.1) is 5.92 Å². The zero-order chi connectivity index (χ0) is 26.4. The van der Waals surface area contributed by atoms with Crippen molar-refractivity contribution in [1.82, 2.24) is 4.90 Å². The molecule has 5 nitrogen and oxygen atoms in total. The molecule has 2 aromatic carbocycles. The lowest BCUT2D eigenvalue weighted by atomic mass is 9.80. The fourth-order valence-corrected chi connectivity index (χ4v) is 6.07. The summed E-state index contributed by atoms with van der Waals surface area (Å²) in [6.07, 6.45) is 0.786. The van der Waals surface area contributed by atoms with E-state index in [4.69, 9.17) is 4.74 Å². The van der Waals surface area contributed by atoms with Gasteiger partial charge in [0.25, 0.3) is 0 Å². The third-order valence-corrected chi connectivity index (χ3v) is 8.31. The van der Waals surface area contributed by atoms with Gasteiger partial charge in [-0.1, -0.05) is 36.8 Å². The Morgan fingerprint density at radius 3 is 2.54 bits per heavy atom. The Balaban J connectivity index is 1.27. The van der Waals surface area contributed by atoms with Gasteiger partial charge < -0.3 is 14.6 Å². The van der Waals surface area contributed by atoms with E-state index < -0.39 is 18.2 Å². The van der Waals surface area contributed by atoms with Gasteiger partial charge >= 0.3 is 12.3 Å². The smallest absolute Gasteiger partial charge is 0.487 e. The molecule has 8 heteroatoms. The molecule has 0 radical (unpaired) electrons. The second-order valence-electron chi connectivity index (χ2n) is 11.1. The van der Waals surface area contributed by atoms with E-state index >= 15 is 0 Å². The van der Waals surface area contributed by atoms with Gasteiger partial charge in [-0.15, -0.1) is 13.2 Å². The number of carboxylic acids is 1. The molecular formula is C29H34F3NO4. The molecule has 0 unspecified atom stereocenters. The normalized spacial score (nSPS) is 21.1. The molecule has 5 rings (SSSR count). The van der Waals surface area contributed by atoms with Gasteiger partial charge in [0, 0.05) is 25.2 Å². The predicted molar refractivity (Wildman–Crippen MR) is 133 cm³/mol. The Morgan fingerprint density at radius 2 is 1.89 bits per heavy atom. The van der Waals surface area contributed by atoms with E-state index in [0.29, 0.717) is 18.0 Å². The Hall–Kier alpha value is -2.74. The van der Waals surface area contributed by atoms with E-state index in [2.05, 4.69) is 27.8 Å². The summed E-state index contributed by atoms with van der Waals surface area (Å²) in [4.78, 5) is 13.9. The molecule has 1 N–H and O–H groups in total. The van der Waals surface area contributed by atoms with E-state index in [1.54, 1.807) is 19.1 Å². The Labute approximate surface area is 215 Å². The van der Waals surface area contributed by atoms with Gasteiger partial charge in [-0.05, 0) is 80.5 Å². The molecule has 37 heavy (non-hydrogen) atoms. The predicted octanol–water partition coefficient (Wildman–Crippen LogP) is 6.47. The number of hydrogen-bond donors (Lipinski definition) is 1. The number of likely N-dealkylation sites (tertiary alicyclic amines) is 1. The first kappa shape index (κ1) is 25.9. The van der Waals surface area contributed by atoms with Gasteiger partial charge in [-0.2, -0.15) is 0 Å². The number of aryl methyl sites for hydroxylation is 2. The third kappa shape index (κ3) is 5.89. The second kappa shape index (κ2) is 9.86. The van der Waals surface area contributed by atoms with Crippen LogP contribution in [0.5, 0.6) is 11.5 Å². The maximum atomic E-state index is 12.9. The number of ether oxygens (including phenoxy) is 2. The van der Waals surface area contributed by atoms with Crippen molar-refractivity contribution in [2.24, 2.45) is 11.8 Å². The quantitative estimate of drug-likeness (QED) is 0.456. The van der Waals surface area contributed by atoms with Crippen molar-refractivity contribution < 1.29 is 32.5 Å². The molecule has 2 aromatic rings. The lowest BCUT2D eigenvalue weighted by Crippen LogP contribution is -2.49. The van der Waals surface area contributed by atoms with Crippen molar-refractivity contribution in [3.8, 4) is 11.5 Å². The fraction of sp³-hybridized carbons (Fsp3) is 0.552. The van der Waals surface area contributed by atoms with E-state index in [9.17, 15) is 23.1 Å². The van der Waals surface area contributed by atoms with Gasteiger partial charge in [-0.3, -0.25) is 9.69 Å². The summed E-state index contributed by atoms with van der Waals surface area (Å²) in [7, 11) is 0. The SMILES string of the molecule is Cc1ccc(OC(F)(F)F)c(CN2CCC3(CCc4ccc([C@H](C5CC5)[C@H](C)C(=O)O)cc4O3)CC2)c1. The van der Waals surface area contributed by atoms with Crippen LogP contribution in [0.1, 0.15) is 67.2 Å². The lowest BCUT2D eigenvalue weighted by Gasteiger charge is -2.45. The van der Waals surface area contributed by atoms with Gasteiger partial charge in [0.15, 0.2) is 0 Å². The first-order chi connectivity index (χ1) is 17.5. The highest BCUT2D eigenvalue weighted by atomic mass is 19.4. The van der Waals surface area contributed by atoms with E-state index in [-0.39, 0.29) is 17.3 Å². The van der Waals surface area contributed by atoms with Crippen LogP contribution >= 0.6 is 0 Å². The number of alkyl halides is 3. The summed E-state index contributed by atoms with van der Waals surface area (Å²) in [5.41, 5.74) is 3.33. The molecule has 0 bridgehead atoms. The molecule has 1 saturated carbocycles. The van der Waals surface area contributed by atoms with E-state index in [1.165, 1.54) is 6.07 Å². The molecule has 2 atom stereocenters. The van der Waals surface area contributed by atoms with Crippen LogP contribution in [0.2, 0.25) is 0 Å². The number of carbonyl (C=O) groups is 1. The lowest BCUT2D eigenvalue weighted by molar-refractivity contribution is -0.275. The number of piperidine rings is 1. The Morgan fingerprint density at radius 1 is 1.16 bits per heavy atom. The summed E-state index contributed by atoms with van der Waals surface area (Å²) >= 11 is 0. The van der Waals surface area contributed by atoms with Gasteiger partial charge in [0.1, 0.15) is 17.1 Å². The molecule has 0 aromatic heterocycles. The maximum Gasteiger partial charge on any atom is 0.573 e. The molecule has 1 saturated heterocycles. The van der Waals surface area contributed by atoms with Crippen LogP contribution in [-0.4, -0.2) is 41.0 Å². The van der Waals surface area contributed by atoms with Crippen molar-refractivity contribution in [3.63, 3.8) is 0 Å². The first-order valence-corrected chi connectivity index (χ1v) is 13.1. The zero-order valence-corrected chi connectivity index (χ0v) is 21.3. The average Bonchev–Trinajstić information content (AvgIpc) is 3.67. The topological polar surface area (TPSA) is 59.0 Å². The molecule has 0 amide bonds. The number of carboxylic acid groups (broad SMARTS) is 1. The van der Waals surface area contributed by atoms with Crippen molar-refractivity contribution in [2.45, 2.75) is 76.8 Å². The van der Waals surface area contributed by atoms with Crippen LogP contribution in [-0.2, 0) is 17.8 Å². The molecule has 2 heterocycles. The standard InChI is InChI=1S/C29H34F3NO4/c1-18-3-8-24(37-29(30,31)32)23(15-18)17-33-13-11-28(12-14-33)10-9-20-4-7-22(16-25(20)36-28)26(21-5-6-21)19(2)27(34)35/h3-4,7-8,15-16,19,21,26H,5-6,9-14,17H2,1-2H3,(H,34,35)/t19-,26-/m0/s1. The number of hydrogen-bond acceptors (Lipinski definition) is 4. The number of benzene rings is 2. The van der Waals surface area contributed by atoms with Crippen molar-refractivity contribution >= 4 is 5.97 Å². The van der Waals surface area contributed by atoms with Crippen LogP contribution in [0.3, 0.4) is 0 Å². The molecular weight excluding hydrogens is 483 g/mol. The number of aliphatic carboxylic acids is 1. The molecule has 200 valence electrons. The van der Waals surface area contributed by atoms with Crippen LogP contribution in [0.25, 0.3) is 0 Å². The van der Waals surface area contributed by atoms with Crippen LogP contribution in [0.15, 0.2) is 36.4 Å². The highest BCUT2D eigenvalue weighted by Crippen LogP contribution is 2.49. The summed E-state index contributed by atoms with van der Waals surface area (Å²) in [6.45, 7) is 5.48. The van der Waals surface area contributed by atoms with Gasteiger partial charge in [-0.25, -0.2) is 0 Å². The maximum absolute atomic E-state index is 12.9. The summed E-state index contributed by atoms with van der Waals surface area (Å²) in [5.74, 6) is -0.0862. The fourth-order valence-electron chi connectivity index (χ4n) is 6.07. The number of nitrogens with zero attached hydrogens (tertiary/aromatic N) is 1. The second-order valence-corrected chi connectivity index (χ2v) is 11.1. The van der Waals surface area contributed by atoms with E-state index in [1.807, 2.05) is 6.92 Å². The summed E-state index contributed by atoms with van der Waals surface area (Å²) in [5, 5.41) is 9.65. The number of fused-ring (bicyclic) bond motifs is 1. The zero-order valence-electron chi connectivity index (χ0n) is 21.3. The molecule has 2 fully saturated rings. The molecule has 3 aliphatic rings. The van der Waals surface area contributed by atoms with Crippen LogP contribution in [0, 0.1) is 18.8 Å². The number of halogens is 3. The van der Waals surface area contributed by atoms with Crippen molar-refractivity contribution in [1.29, 1.82) is 0 Å². The summed E-state index contributed by atoms with van der Waals surface area (Å²) in [6, 6.07) is 11.0. The molecule has 1 spiro atoms. The Kier molecular flexibility index (Phi) is 6.90. The van der Waals surface area contributed by atoms with Crippen LogP contribution in [0.4, 0.5) is 13.2 Å². The Bertz CT molecular complexity index is 1150. The monoisotopic (exact) mass is 517 g/mol. The van der Waals surface area contributed by atoms with Crippen molar-refractivity contribution in [3.05, 3.63) is 58.7 Å².